The van der Waals surface area contributed by atoms with Crippen LogP contribution >= 0.6 is 0 Å². The topological polar surface area (TPSA) is 139 Å². The van der Waals surface area contributed by atoms with E-state index in [2.05, 4.69) is 38.7 Å². The number of carbonyl (C=O) groups excluding carboxylic acids is 3. The monoisotopic (exact) mass is 756 g/mol. The molecule has 3 aliphatic heterocycles. The van der Waals surface area contributed by atoms with Crippen LogP contribution in [0.2, 0.25) is 0 Å². The van der Waals surface area contributed by atoms with Crippen molar-refractivity contribution in [1.29, 1.82) is 0 Å². The molecule has 3 N–H and O–H groups in total. The Morgan fingerprint density at radius 3 is 2.20 bits per heavy atom. The van der Waals surface area contributed by atoms with E-state index in [1.54, 1.807) is 29.2 Å². The average molecular weight is 757 g/mol. The maximum Gasteiger partial charge on any atom is 0.272 e. The van der Waals surface area contributed by atoms with Crippen molar-refractivity contribution in [2.75, 3.05) is 65.4 Å². The van der Waals surface area contributed by atoms with E-state index in [1.807, 2.05) is 17.0 Å². The first-order valence-electron chi connectivity index (χ1n) is 20.4. The number of nitrogens with zero attached hydrogens (tertiary/aromatic N) is 6. The summed E-state index contributed by atoms with van der Waals surface area (Å²) in [6, 6.07) is 11.6. The van der Waals surface area contributed by atoms with Gasteiger partial charge in [0.15, 0.2) is 0 Å². The molecule has 0 spiro atoms. The molecule has 0 unspecified atom stereocenters. The van der Waals surface area contributed by atoms with Gasteiger partial charge in [-0.1, -0.05) is 43.5 Å². The van der Waals surface area contributed by atoms with Crippen LogP contribution in [-0.2, 0) is 16.0 Å². The van der Waals surface area contributed by atoms with Crippen molar-refractivity contribution in [2.24, 2.45) is 17.6 Å². The number of piperazine rings is 2. The van der Waals surface area contributed by atoms with E-state index in [0.29, 0.717) is 73.0 Å². The zero-order chi connectivity index (χ0) is 38.6. The number of nitrogens with two attached hydrogens (primary N) is 1. The van der Waals surface area contributed by atoms with Crippen LogP contribution in [-0.4, -0.2) is 136 Å². The molecule has 1 aromatic heterocycles. The van der Waals surface area contributed by atoms with E-state index in [0.717, 1.165) is 58.4 Å². The van der Waals surface area contributed by atoms with Crippen molar-refractivity contribution in [3.63, 3.8) is 0 Å². The number of hydrogen-bond donors (Lipinski definition) is 2. The van der Waals surface area contributed by atoms with Gasteiger partial charge in [-0.2, -0.15) is 5.10 Å². The van der Waals surface area contributed by atoms with Gasteiger partial charge in [0.05, 0.1) is 29.2 Å². The summed E-state index contributed by atoms with van der Waals surface area (Å²) in [5.41, 5.74) is 7.60. The molecule has 3 amide bonds. The minimum absolute atomic E-state index is 0.00739. The van der Waals surface area contributed by atoms with E-state index in [-0.39, 0.29) is 41.1 Å². The summed E-state index contributed by atoms with van der Waals surface area (Å²) in [5.74, 6) is 0.0710. The number of carbonyl (C=O) groups is 3. The van der Waals surface area contributed by atoms with Gasteiger partial charge >= 0.3 is 0 Å². The number of piperidine rings is 1. The molecule has 4 aliphatic rings. The molecule has 3 atom stereocenters. The number of nitrogens with one attached hydrogen (secondary N) is 1. The van der Waals surface area contributed by atoms with Crippen LogP contribution in [0.1, 0.15) is 80.4 Å². The number of likely N-dealkylation sites (tertiary alicyclic amines) is 1. The molecule has 1 saturated carbocycles. The van der Waals surface area contributed by atoms with Crippen LogP contribution in [0.25, 0.3) is 10.8 Å². The van der Waals surface area contributed by atoms with Crippen LogP contribution in [0, 0.1) is 17.7 Å². The summed E-state index contributed by atoms with van der Waals surface area (Å²) in [6.45, 7) is 10.7. The summed E-state index contributed by atoms with van der Waals surface area (Å²) in [4.78, 5) is 62.8. The third-order valence-corrected chi connectivity index (χ3v) is 12.6. The summed E-state index contributed by atoms with van der Waals surface area (Å²) >= 11 is 0. The highest BCUT2D eigenvalue weighted by molar-refractivity contribution is 5.95. The Kier molecular flexibility index (Phi) is 12.3. The van der Waals surface area contributed by atoms with E-state index in [1.165, 1.54) is 25.3 Å². The Morgan fingerprint density at radius 2 is 1.51 bits per heavy atom. The zero-order valence-corrected chi connectivity index (χ0v) is 32.4. The van der Waals surface area contributed by atoms with Crippen LogP contribution in [0.5, 0.6) is 0 Å². The number of hydrogen-bond acceptors (Lipinski definition) is 8. The van der Waals surface area contributed by atoms with Crippen LogP contribution < -0.4 is 11.3 Å². The molecule has 296 valence electrons. The predicted molar refractivity (Wildman–Crippen MR) is 210 cm³/mol. The minimum atomic E-state index is -0.592. The second kappa shape index (κ2) is 17.3. The Balaban J connectivity index is 0.846. The normalized spacial score (nSPS) is 22.9. The molecule has 2 aromatic carbocycles. The minimum Gasteiger partial charge on any atom is -0.338 e. The van der Waals surface area contributed by atoms with Gasteiger partial charge in [-0.05, 0) is 88.2 Å². The Labute approximate surface area is 323 Å². The van der Waals surface area contributed by atoms with Crippen molar-refractivity contribution in [1.82, 2.24) is 34.7 Å². The lowest BCUT2D eigenvalue weighted by atomic mass is 9.83. The Hall–Kier alpha value is -4.20. The van der Waals surface area contributed by atoms with Crippen LogP contribution in [0.3, 0.4) is 0 Å². The number of fused-ring (bicyclic) bond motifs is 1. The quantitative estimate of drug-likeness (QED) is 0.339. The van der Waals surface area contributed by atoms with E-state index in [4.69, 9.17) is 5.73 Å². The van der Waals surface area contributed by atoms with Gasteiger partial charge in [-0.15, -0.1) is 0 Å². The van der Waals surface area contributed by atoms with E-state index >= 15 is 4.39 Å². The average Bonchev–Trinajstić information content (AvgIpc) is 3.20. The smallest absolute Gasteiger partial charge is 0.272 e. The molecule has 0 radical (unpaired) electrons. The van der Waals surface area contributed by atoms with Crippen molar-refractivity contribution >= 4 is 28.5 Å². The maximum atomic E-state index is 15.0. The fourth-order valence-electron chi connectivity index (χ4n) is 9.54. The summed E-state index contributed by atoms with van der Waals surface area (Å²) in [5, 5.41) is 8.00. The van der Waals surface area contributed by atoms with Crippen molar-refractivity contribution < 1.29 is 18.8 Å². The first-order valence-corrected chi connectivity index (χ1v) is 20.4. The summed E-state index contributed by atoms with van der Waals surface area (Å²) < 4.78 is 15.0. The highest BCUT2D eigenvalue weighted by Crippen LogP contribution is 2.29. The van der Waals surface area contributed by atoms with Gasteiger partial charge in [0, 0.05) is 69.7 Å². The number of amides is 3. The number of aromatic amines is 1. The highest BCUT2D eigenvalue weighted by Gasteiger charge is 2.38. The molecule has 7 rings (SSSR count). The predicted octanol–water partition coefficient (Wildman–Crippen LogP) is 3.48. The molecule has 4 heterocycles. The lowest BCUT2D eigenvalue weighted by Gasteiger charge is -2.47. The third kappa shape index (κ3) is 8.94. The highest BCUT2D eigenvalue weighted by atomic mass is 19.1. The first kappa shape index (κ1) is 39.1. The van der Waals surface area contributed by atoms with Gasteiger partial charge in [0.2, 0.25) is 11.8 Å². The molecular formula is C42H57FN8O4. The summed E-state index contributed by atoms with van der Waals surface area (Å²) in [6.07, 6.45) is 8.12. The maximum absolute atomic E-state index is 15.0. The van der Waals surface area contributed by atoms with Gasteiger partial charge in [0.25, 0.3) is 11.5 Å². The molecular weight excluding hydrogens is 700 g/mol. The second-order valence-corrected chi connectivity index (χ2v) is 16.5. The molecule has 3 saturated heterocycles. The van der Waals surface area contributed by atoms with Gasteiger partial charge in [-0.25, -0.2) is 9.49 Å². The molecule has 1 aliphatic carbocycles. The van der Waals surface area contributed by atoms with E-state index in [9.17, 15) is 19.2 Å². The zero-order valence-electron chi connectivity index (χ0n) is 32.4. The van der Waals surface area contributed by atoms with Crippen molar-refractivity contribution in [3.05, 3.63) is 75.5 Å². The largest absolute Gasteiger partial charge is 0.338 e. The van der Waals surface area contributed by atoms with Crippen LogP contribution in [0.15, 0.2) is 47.3 Å². The van der Waals surface area contributed by atoms with Gasteiger partial charge < -0.3 is 20.4 Å². The lowest BCUT2D eigenvalue weighted by Crippen LogP contribution is -2.63. The fourth-order valence-corrected chi connectivity index (χ4v) is 9.54. The number of halogens is 1. The first-order chi connectivity index (χ1) is 26.5. The standard InChI is InChI=1S/C42H57FN8O4/c1-28-24-48(25-29(2)51(28)42(55)39(44)32-8-4-3-5-9-32)26-30-14-16-47(17-15-30)27-38(52)49-18-20-50(21-19-49)41(54)35-22-31(12-13-36(35)43)23-37-33-10-6-7-11-34(33)40(53)46-45-37/h6-7,10-13,22,28-30,32,39H,3-5,8-9,14-21,23-27,44H2,1-2H3,(H,46,53)/t28-,29-,39+/m0/s1. The molecule has 0 bridgehead atoms. The van der Waals surface area contributed by atoms with E-state index < -0.39 is 11.7 Å². The molecule has 55 heavy (non-hydrogen) atoms. The van der Waals surface area contributed by atoms with Crippen molar-refractivity contribution in [3.8, 4) is 0 Å². The summed E-state index contributed by atoms with van der Waals surface area (Å²) in [7, 11) is 0. The van der Waals surface area contributed by atoms with Crippen LogP contribution in [0.4, 0.5) is 4.39 Å². The Morgan fingerprint density at radius 1 is 0.855 bits per heavy atom. The molecule has 3 aromatic rings. The lowest BCUT2D eigenvalue weighted by molar-refractivity contribution is -0.142. The number of benzene rings is 2. The molecule has 4 fully saturated rings. The van der Waals surface area contributed by atoms with Gasteiger partial charge in [0.1, 0.15) is 5.82 Å². The fraction of sp³-hybridized carbons (Fsp3) is 0.595. The SMILES string of the molecule is C[C@H]1CN(CC2CCN(CC(=O)N3CCN(C(=O)c4cc(Cc5n[nH]c(=O)c6ccccc56)ccc4F)CC3)CC2)C[C@H](C)N1C(=O)[C@H](N)C1CCCCC1. The molecule has 13 heteroatoms. The Bertz CT molecular complexity index is 1890. The second-order valence-electron chi connectivity index (χ2n) is 16.5. The third-order valence-electron chi connectivity index (χ3n) is 12.6. The van der Waals surface area contributed by atoms with Crippen molar-refractivity contribution in [2.45, 2.75) is 83.3 Å². The van der Waals surface area contributed by atoms with Gasteiger partial charge in [-0.3, -0.25) is 29.0 Å². The number of rotatable bonds is 9. The number of H-pyrrole nitrogens is 1. The number of aromatic nitrogens is 2. The molecule has 12 nitrogen and oxygen atoms in total.